The van der Waals surface area contributed by atoms with Gasteiger partial charge in [-0.1, -0.05) is 12.1 Å². The summed E-state index contributed by atoms with van der Waals surface area (Å²) in [6.45, 7) is 3.58. The number of halogens is 1. The molecule has 9 heteroatoms. The highest BCUT2D eigenvalue weighted by molar-refractivity contribution is 5.78. The number of rotatable bonds is 11. The van der Waals surface area contributed by atoms with Crippen molar-refractivity contribution in [1.82, 2.24) is 29.3 Å². The zero-order valence-electron chi connectivity index (χ0n) is 23.1. The summed E-state index contributed by atoms with van der Waals surface area (Å²) >= 11 is 0. The molecule has 0 fully saturated rings. The maximum absolute atomic E-state index is 13.8. The number of benzene rings is 2. The molecule has 0 radical (unpaired) electrons. The second-order valence-corrected chi connectivity index (χ2v) is 10.2. The van der Waals surface area contributed by atoms with Gasteiger partial charge in [-0.3, -0.25) is 4.90 Å². The Balaban J connectivity index is 1.52. The summed E-state index contributed by atoms with van der Waals surface area (Å²) in [6.07, 6.45) is 3.64. The van der Waals surface area contributed by atoms with Crippen LogP contribution in [0.3, 0.4) is 0 Å². The summed E-state index contributed by atoms with van der Waals surface area (Å²) in [5.74, 6) is 2.19. The predicted octanol–water partition coefficient (Wildman–Crippen LogP) is 4.75. The molecule has 0 spiro atoms. The molecule has 3 heterocycles. The Morgan fingerprint density at radius 2 is 1.90 bits per heavy atom. The Morgan fingerprint density at radius 1 is 1.08 bits per heavy atom. The monoisotopic (exact) mass is 529 g/mol. The standard InChI is InChI=1S/C30H36FN7O/c1-32-30-33-15-14-26(34-30)29-28(22-8-10-23(31)11-9-22)35-27-13-12-24(38(27)29)20-37(17-16-36(2)3)19-21-6-5-7-25(18-21)39-4/h5-11,14-15,18,24H,12-13,16-17,19-20H2,1-4H3,(H,32,33,34). The first-order valence-corrected chi connectivity index (χ1v) is 13.3. The van der Waals surface area contributed by atoms with Crippen molar-refractivity contribution in [3.05, 3.63) is 78.0 Å². The number of anilines is 1. The lowest BCUT2D eigenvalue weighted by Gasteiger charge is -2.28. The van der Waals surface area contributed by atoms with Gasteiger partial charge >= 0.3 is 0 Å². The molecule has 4 aromatic rings. The highest BCUT2D eigenvalue weighted by Gasteiger charge is 2.32. The molecular weight excluding hydrogens is 493 g/mol. The molecule has 0 saturated carbocycles. The molecule has 1 unspecified atom stereocenters. The van der Waals surface area contributed by atoms with E-state index >= 15 is 0 Å². The third kappa shape index (κ3) is 6.10. The van der Waals surface area contributed by atoms with Gasteiger partial charge in [0.15, 0.2) is 0 Å². The number of aryl methyl sites for hydroxylation is 1. The molecule has 2 aromatic carbocycles. The van der Waals surface area contributed by atoms with Gasteiger partial charge < -0.3 is 19.5 Å². The first-order chi connectivity index (χ1) is 18.9. The van der Waals surface area contributed by atoms with Crippen molar-refractivity contribution in [1.29, 1.82) is 0 Å². The van der Waals surface area contributed by atoms with E-state index in [2.05, 4.69) is 50.9 Å². The summed E-state index contributed by atoms with van der Waals surface area (Å²) < 4.78 is 21.6. The van der Waals surface area contributed by atoms with Crippen molar-refractivity contribution in [3.63, 3.8) is 0 Å². The van der Waals surface area contributed by atoms with Crippen LogP contribution in [0, 0.1) is 5.82 Å². The quantitative estimate of drug-likeness (QED) is 0.301. The van der Waals surface area contributed by atoms with Crippen molar-refractivity contribution in [2.45, 2.75) is 25.4 Å². The summed E-state index contributed by atoms with van der Waals surface area (Å²) in [7, 11) is 7.73. The van der Waals surface area contributed by atoms with Gasteiger partial charge in [-0.15, -0.1) is 0 Å². The lowest BCUT2D eigenvalue weighted by molar-refractivity contribution is 0.204. The average molecular weight is 530 g/mol. The zero-order valence-corrected chi connectivity index (χ0v) is 23.1. The Bertz CT molecular complexity index is 1400. The smallest absolute Gasteiger partial charge is 0.222 e. The fraction of sp³-hybridized carbons (Fsp3) is 0.367. The minimum absolute atomic E-state index is 0.220. The summed E-state index contributed by atoms with van der Waals surface area (Å²) in [5.41, 5.74) is 4.66. The molecule has 0 bridgehead atoms. The fourth-order valence-corrected chi connectivity index (χ4v) is 5.21. The molecule has 204 valence electrons. The van der Waals surface area contributed by atoms with Crippen LogP contribution in [0.4, 0.5) is 10.3 Å². The minimum atomic E-state index is -0.265. The second-order valence-electron chi connectivity index (χ2n) is 10.2. The number of hydrogen-bond acceptors (Lipinski definition) is 7. The van der Waals surface area contributed by atoms with E-state index in [4.69, 9.17) is 14.7 Å². The molecule has 5 rings (SSSR count). The van der Waals surface area contributed by atoms with Crippen molar-refractivity contribution in [2.75, 3.05) is 53.2 Å². The lowest BCUT2D eigenvalue weighted by Crippen LogP contribution is -2.35. The van der Waals surface area contributed by atoms with Crippen LogP contribution >= 0.6 is 0 Å². The number of nitrogens with one attached hydrogen (secondary N) is 1. The highest BCUT2D eigenvalue weighted by Crippen LogP contribution is 2.39. The van der Waals surface area contributed by atoms with Crippen molar-refractivity contribution in [2.24, 2.45) is 0 Å². The molecule has 2 aromatic heterocycles. The number of ether oxygens (including phenoxy) is 1. The van der Waals surface area contributed by atoms with E-state index in [9.17, 15) is 4.39 Å². The molecule has 1 aliphatic rings. The SMILES string of the molecule is CNc1nccc(-c2c(-c3ccc(F)cc3)nc3n2C(CN(CCN(C)C)Cc2cccc(OC)c2)CC3)n1. The third-order valence-corrected chi connectivity index (χ3v) is 7.16. The van der Waals surface area contributed by atoms with Crippen LogP contribution in [0.25, 0.3) is 22.6 Å². The van der Waals surface area contributed by atoms with E-state index in [1.807, 2.05) is 25.2 Å². The predicted molar refractivity (Wildman–Crippen MR) is 152 cm³/mol. The van der Waals surface area contributed by atoms with Crippen LogP contribution in [0.1, 0.15) is 23.9 Å². The van der Waals surface area contributed by atoms with Crippen LogP contribution < -0.4 is 10.1 Å². The first kappa shape index (κ1) is 26.8. The molecule has 1 N–H and O–H groups in total. The maximum Gasteiger partial charge on any atom is 0.222 e. The maximum atomic E-state index is 13.8. The van der Waals surface area contributed by atoms with Gasteiger partial charge in [0.2, 0.25) is 5.95 Å². The number of hydrogen-bond donors (Lipinski definition) is 1. The fourth-order valence-electron chi connectivity index (χ4n) is 5.21. The highest BCUT2D eigenvalue weighted by atomic mass is 19.1. The van der Waals surface area contributed by atoms with Crippen molar-refractivity contribution < 1.29 is 9.13 Å². The first-order valence-electron chi connectivity index (χ1n) is 13.3. The van der Waals surface area contributed by atoms with Gasteiger partial charge in [-0.2, -0.15) is 0 Å². The average Bonchev–Trinajstić information content (AvgIpc) is 3.52. The molecule has 1 atom stereocenters. The topological polar surface area (TPSA) is 71.3 Å². The minimum Gasteiger partial charge on any atom is -0.497 e. The van der Waals surface area contributed by atoms with Gasteiger partial charge in [0, 0.05) is 57.4 Å². The number of likely N-dealkylation sites (N-methyl/N-ethyl adjacent to an activating group) is 1. The van der Waals surface area contributed by atoms with Crippen LogP contribution in [-0.2, 0) is 13.0 Å². The molecule has 0 amide bonds. The molecule has 1 aliphatic heterocycles. The van der Waals surface area contributed by atoms with E-state index in [0.717, 1.165) is 73.2 Å². The number of fused-ring (bicyclic) bond motifs is 1. The zero-order chi connectivity index (χ0) is 27.4. The Morgan fingerprint density at radius 3 is 2.64 bits per heavy atom. The van der Waals surface area contributed by atoms with Crippen molar-refractivity contribution in [3.8, 4) is 28.4 Å². The van der Waals surface area contributed by atoms with Gasteiger partial charge in [-0.25, -0.2) is 19.3 Å². The molecular formula is C30H36FN7O. The number of imidazole rings is 1. The third-order valence-electron chi connectivity index (χ3n) is 7.16. The van der Waals surface area contributed by atoms with Gasteiger partial charge in [0.1, 0.15) is 17.4 Å². The van der Waals surface area contributed by atoms with Gasteiger partial charge in [-0.05, 0) is 68.5 Å². The van der Waals surface area contributed by atoms with Crippen LogP contribution in [0.15, 0.2) is 60.8 Å². The Kier molecular flexibility index (Phi) is 8.18. The second kappa shape index (κ2) is 11.9. The van der Waals surface area contributed by atoms with Crippen LogP contribution in [0.5, 0.6) is 5.75 Å². The number of nitrogens with zero attached hydrogens (tertiary/aromatic N) is 6. The van der Waals surface area contributed by atoms with Crippen LogP contribution in [0.2, 0.25) is 0 Å². The molecule has 8 nitrogen and oxygen atoms in total. The molecule has 39 heavy (non-hydrogen) atoms. The lowest BCUT2D eigenvalue weighted by atomic mass is 10.1. The van der Waals surface area contributed by atoms with E-state index in [-0.39, 0.29) is 11.9 Å². The van der Waals surface area contributed by atoms with E-state index in [1.54, 1.807) is 25.4 Å². The van der Waals surface area contributed by atoms with E-state index in [0.29, 0.717) is 5.95 Å². The Labute approximate surface area is 229 Å². The molecule has 0 aliphatic carbocycles. The summed E-state index contributed by atoms with van der Waals surface area (Å²) in [5, 5.41) is 3.05. The number of methoxy groups -OCH3 is 1. The van der Waals surface area contributed by atoms with Gasteiger partial charge in [0.05, 0.1) is 24.2 Å². The molecule has 0 saturated heterocycles. The normalized spacial score (nSPS) is 14.7. The van der Waals surface area contributed by atoms with E-state index < -0.39 is 0 Å². The van der Waals surface area contributed by atoms with Crippen LogP contribution in [-0.4, -0.2) is 77.2 Å². The Hall–Kier alpha value is -3.82. The summed E-state index contributed by atoms with van der Waals surface area (Å²) in [6, 6.07) is 17.0. The largest absolute Gasteiger partial charge is 0.497 e. The van der Waals surface area contributed by atoms with Gasteiger partial charge in [0.25, 0.3) is 0 Å². The van der Waals surface area contributed by atoms with Crippen molar-refractivity contribution >= 4 is 5.95 Å². The van der Waals surface area contributed by atoms with E-state index in [1.165, 1.54) is 17.7 Å². The number of aromatic nitrogens is 4. The summed E-state index contributed by atoms with van der Waals surface area (Å²) in [4.78, 5) is 18.9.